The van der Waals surface area contributed by atoms with E-state index < -0.39 is 11.7 Å². The van der Waals surface area contributed by atoms with Crippen molar-refractivity contribution < 1.29 is 14.3 Å². The van der Waals surface area contributed by atoms with Crippen molar-refractivity contribution in [1.29, 1.82) is 0 Å². The number of hydrogen-bond donors (Lipinski definition) is 2. The van der Waals surface area contributed by atoms with E-state index in [1.165, 1.54) is 28.8 Å². The fraction of sp³-hybridized carbons (Fsp3) is 0.0667. The van der Waals surface area contributed by atoms with Gasteiger partial charge in [0, 0.05) is 0 Å². The number of hydrogen-bond acceptors (Lipinski definition) is 2. The quantitative estimate of drug-likeness (QED) is 0.760. The molecular weight excluding hydrogens is 275 g/mol. The van der Waals surface area contributed by atoms with Gasteiger partial charge in [-0.3, -0.25) is 4.57 Å². The van der Waals surface area contributed by atoms with E-state index in [1.54, 1.807) is 19.1 Å². The SMILES string of the molecule is Cc1cc(-n2c(=O)[nH]c3cccc(C(=O)O)c32)ccc1F. The van der Waals surface area contributed by atoms with E-state index >= 15 is 0 Å². The molecule has 0 aliphatic carbocycles. The highest BCUT2D eigenvalue weighted by molar-refractivity contribution is 6.01. The Morgan fingerprint density at radius 3 is 2.71 bits per heavy atom. The molecule has 5 nitrogen and oxygen atoms in total. The Hall–Kier alpha value is -2.89. The molecule has 0 unspecified atom stereocenters. The smallest absolute Gasteiger partial charge is 0.337 e. The predicted molar refractivity (Wildman–Crippen MR) is 75.6 cm³/mol. The zero-order chi connectivity index (χ0) is 15.1. The monoisotopic (exact) mass is 286 g/mol. The molecule has 21 heavy (non-hydrogen) atoms. The second kappa shape index (κ2) is 4.59. The van der Waals surface area contributed by atoms with Crippen molar-refractivity contribution in [3.05, 3.63) is 63.8 Å². The fourth-order valence-electron chi connectivity index (χ4n) is 2.34. The lowest BCUT2D eigenvalue weighted by molar-refractivity contribution is 0.0698. The first-order chi connectivity index (χ1) is 9.99. The summed E-state index contributed by atoms with van der Waals surface area (Å²) >= 11 is 0. The zero-order valence-electron chi connectivity index (χ0n) is 11.1. The highest BCUT2D eigenvalue weighted by Gasteiger charge is 2.16. The molecular formula is C15H11FN2O3. The highest BCUT2D eigenvalue weighted by Crippen LogP contribution is 2.21. The van der Waals surface area contributed by atoms with Crippen LogP contribution in [0.15, 0.2) is 41.2 Å². The number of aromatic nitrogens is 2. The molecule has 2 N–H and O–H groups in total. The van der Waals surface area contributed by atoms with Crippen molar-refractivity contribution in [2.24, 2.45) is 0 Å². The molecule has 0 aliphatic rings. The number of carboxylic acid groups (broad SMARTS) is 1. The van der Waals surface area contributed by atoms with Gasteiger partial charge < -0.3 is 10.1 Å². The van der Waals surface area contributed by atoms with Gasteiger partial charge in [-0.1, -0.05) is 6.07 Å². The first-order valence-corrected chi connectivity index (χ1v) is 6.22. The third kappa shape index (κ3) is 2.01. The molecule has 106 valence electrons. The number of carbonyl (C=O) groups is 1. The summed E-state index contributed by atoms with van der Waals surface area (Å²) in [5, 5.41) is 9.27. The summed E-state index contributed by atoms with van der Waals surface area (Å²) in [4.78, 5) is 26.1. The highest BCUT2D eigenvalue weighted by atomic mass is 19.1. The molecule has 2 aromatic carbocycles. The number of aryl methyl sites for hydroxylation is 1. The second-order valence-corrected chi connectivity index (χ2v) is 4.71. The lowest BCUT2D eigenvalue weighted by Crippen LogP contribution is -2.16. The molecule has 6 heteroatoms. The minimum absolute atomic E-state index is 0.00725. The van der Waals surface area contributed by atoms with Crippen molar-refractivity contribution in [2.75, 3.05) is 0 Å². The fourth-order valence-corrected chi connectivity index (χ4v) is 2.34. The molecule has 1 heterocycles. The van der Waals surface area contributed by atoms with Gasteiger partial charge in [-0.05, 0) is 42.8 Å². The van der Waals surface area contributed by atoms with Crippen LogP contribution in [0.4, 0.5) is 4.39 Å². The van der Waals surface area contributed by atoms with Crippen LogP contribution in [0.5, 0.6) is 0 Å². The van der Waals surface area contributed by atoms with E-state index in [0.717, 1.165) is 0 Å². The van der Waals surface area contributed by atoms with Gasteiger partial charge in [0.25, 0.3) is 0 Å². The summed E-state index contributed by atoms with van der Waals surface area (Å²) in [6.07, 6.45) is 0. The van der Waals surface area contributed by atoms with Crippen molar-refractivity contribution >= 4 is 17.0 Å². The Balaban J connectivity index is 2.41. The van der Waals surface area contributed by atoms with Crippen molar-refractivity contribution in [2.45, 2.75) is 6.92 Å². The first-order valence-electron chi connectivity index (χ1n) is 6.22. The standard InChI is InChI=1S/C15H11FN2O3/c1-8-7-9(5-6-11(8)16)18-13-10(14(19)20)3-2-4-12(13)17-15(18)21/h2-7H,1H3,(H,17,21)(H,19,20). The normalized spacial score (nSPS) is 11.0. The predicted octanol–water partition coefficient (Wildman–Crippen LogP) is 2.46. The van der Waals surface area contributed by atoms with Gasteiger partial charge in [-0.2, -0.15) is 0 Å². The van der Waals surface area contributed by atoms with E-state index in [0.29, 0.717) is 16.8 Å². The van der Waals surface area contributed by atoms with E-state index in [4.69, 9.17) is 0 Å². The summed E-state index contributed by atoms with van der Waals surface area (Å²) in [5.74, 6) is -1.52. The molecule has 0 spiro atoms. The topological polar surface area (TPSA) is 75.1 Å². The number of imidazole rings is 1. The van der Waals surface area contributed by atoms with E-state index in [1.807, 2.05) is 0 Å². The number of halogens is 1. The van der Waals surface area contributed by atoms with Crippen LogP contribution < -0.4 is 5.69 Å². The summed E-state index contributed by atoms with van der Waals surface area (Å²) in [6, 6.07) is 8.79. The van der Waals surface area contributed by atoms with Gasteiger partial charge in [0.2, 0.25) is 0 Å². The Kier molecular flexibility index (Phi) is 2.86. The number of aromatic amines is 1. The Morgan fingerprint density at radius 2 is 2.05 bits per heavy atom. The van der Waals surface area contributed by atoms with Crippen molar-refractivity contribution in [1.82, 2.24) is 9.55 Å². The molecule has 0 bridgehead atoms. The number of fused-ring (bicyclic) bond motifs is 1. The Morgan fingerprint density at radius 1 is 1.29 bits per heavy atom. The van der Waals surface area contributed by atoms with Gasteiger partial charge in [0.1, 0.15) is 5.82 Å². The lowest BCUT2D eigenvalue weighted by Gasteiger charge is -2.07. The molecule has 0 fully saturated rings. The number of para-hydroxylation sites is 1. The van der Waals surface area contributed by atoms with E-state index in [-0.39, 0.29) is 16.9 Å². The zero-order valence-corrected chi connectivity index (χ0v) is 11.1. The number of aromatic carboxylic acids is 1. The minimum Gasteiger partial charge on any atom is -0.478 e. The third-order valence-electron chi connectivity index (χ3n) is 3.33. The number of rotatable bonds is 2. The summed E-state index contributed by atoms with van der Waals surface area (Å²) in [6.45, 7) is 1.58. The number of nitrogens with one attached hydrogen (secondary N) is 1. The summed E-state index contributed by atoms with van der Waals surface area (Å²) < 4.78 is 14.6. The number of nitrogens with zero attached hydrogens (tertiary/aromatic N) is 1. The Labute approximate surface area is 118 Å². The molecule has 0 radical (unpaired) electrons. The van der Waals surface area contributed by atoms with Crippen molar-refractivity contribution in [3.63, 3.8) is 0 Å². The molecule has 1 aromatic heterocycles. The van der Waals surface area contributed by atoms with Gasteiger partial charge in [-0.25, -0.2) is 14.0 Å². The van der Waals surface area contributed by atoms with Crippen LogP contribution in [0.2, 0.25) is 0 Å². The third-order valence-corrected chi connectivity index (χ3v) is 3.33. The van der Waals surface area contributed by atoms with Crippen LogP contribution in [-0.4, -0.2) is 20.6 Å². The van der Waals surface area contributed by atoms with Crippen LogP contribution in [0.25, 0.3) is 16.7 Å². The molecule has 0 saturated heterocycles. The van der Waals surface area contributed by atoms with Crippen LogP contribution in [0.1, 0.15) is 15.9 Å². The van der Waals surface area contributed by atoms with E-state index in [9.17, 15) is 19.1 Å². The minimum atomic E-state index is -1.13. The lowest BCUT2D eigenvalue weighted by atomic mass is 10.1. The van der Waals surface area contributed by atoms with Gasteiger partial charge in [-0.15, -0.1) is 0 Å². The van der Waals surface area contributed by atoms with Crippen LogP contribution in [0, 0.1) is 12.7 Å². The van der Waals surface area contributed by atoms with Gasteiger partial charge in [0.05, 0.1) is 22.3 Å². The molecule has 3 rings (SSSR count). The molecule has 0 atom stereocenters. The average molecular weight is 286 g/mol. The van der Waals surface area contributed by atoms with Gasteiger partial charge in [0.15, 0.2) is 0 Å². The number of carboxylic acids is 1. The van der Waals surface area contributed by atoms with Gasteiger partial charge >= 0.3 is 11.7 Å². The molecule has 3 aromatic rings. The summed E-state index contributed by atoms with van der Waals surface area (Å²) in [7, 11) is 0. The van der Waals surface area contributed by atoms with Crippen LogP contribution >= 0.6 is 0 Å². The molecule has 0 amide bonds. The molecule has 0 aliphatic heterocycles. The van der Waals surface area contributed by atoms with Crippen LogP contribution in [0.3, 0.4) is 0 Å². The average Bonchev–Trinajstić information content (AvgIpc) is 2.77. The second-order valence-electron chi connectivity index (χ2n) is 4.71. The number of benzene rings is 2. The first kappa shape index (κ1) is 13.1. The largest absolute Gasteiger partial charge is 0.478 e. The van der Waals surface area contributed by atoms with Crippen LogP contribution in [-0.2, 0) is 0 Å². The molecule has 0 saturated carbocycles. The van der Waals surface area contributed by atoms with Crippen molar-refractivity contribution in [3.8, 4) is 5.69 Å². The maximum Gasteiger partial charge on any atom is 0.337 e. The van der Waals surface area contributed by atoms with E-state index in [2.05, 4.69) is 4.98 Å². The maximum absolute atomic E-state index is 13.4. The summed E-state index contributed by atoms with van der Waals surface area (Å²) in [5.41, 5.74) is 1.01. The maximum atomic E-state index is 13.4. The number of H-pyrrole nitrogens is 1. The Bertz CT molecular complexity index is 924.